The lowest BCUT2D eigenvalue weighted by Gasteiger charge is -2.37. The molecule has 12 heavy (non-hydrogen) atoms. The van der Waals surface area contributed by atoms with Gasteiger partial charge in [0.05, 0.1) is 6.54 Å². The summed E-state index contributed by atoms with van der Waals surface area (Å²) in [5.41, 5.74) is 0. The van der Waals surface area contributed by atoms with Gasteiger partial charge in [-0.2, -0.15) is 0 Å². The summed E-state index contributed by atoms with van der Waals surface area (Å²) in [6.45, 7) is 0.913. The molecule has 1 rings (SSSR count). The number of rotatable bonds is 3. The van der Waals surface area contributed by atoms with E-state index in [9.17, 15) is 13.6 Å². The van der Waals surface area contributed by atoms with Crippen LogP contribution in [0.3, 0.4) is 0 Å². The number of carbonyl (C=O) groups excluding carboxylic acids is 1. The zero-order chi connectivity index (χ0) is 9.14. The summed E-state index contributed by atoms with van der Waals surface area (Å²) < 4.78 is 23.9. The molecule has 0 unspecified atom stereocenters. The fourth-order valence-corrected chi connectivity index (χ4v) is 1.18. The van der Waals surface area contributed by atoms with Crippen LogP contribution in [0.2, 0.25) is 0 Å². The Hall–Kier alpha value is -0.710. The topological polar surface area (TPSA) is 32.3 Å². The molecule has 1 aliphatic rings. The number of amides is 1. The largest absolute Gasteiger partial charge is 0.358 e. The molecule has 1 aliphatic heterocycles. The number of carbonyl (C=O) groups is 1. The second-order valence-electron chi connectivity index (χ2n) is 2.96. The lowest BCUT2D eigenvalue weighted by Crippen LogP contribution is -2.52. The molecule has 1 saturated heterocycles. The molecule has 0 bridgehead atoms. The van der Waals surface area contributed by atoms with Gasteiger partial charge in [-0.25, -0.2) is 8.78 Å². The number of likely N-dealkylation sites (tertiary alicyclic amines) is 1. The van der Waals surface area contributed by atoms with Crippen LogP contribution < -0.4 is 5.32 Å². The minimum atomic E-state index is -2.24. The van der Waals surface area contributed by atoms with Gasteiger partial charge in [-0.3, -0.25) is 9.69 Å². The van der Waals surface area contributed by atoms with Crippen molar-refractivity contribution in [1.29, 1.82) is 0 Å². The minimum absolute atomic E-state index is 0.122. The second-order valence-corrected chi connectivity index (χ2v) is 2.96. The maximum Gasteiger partial charge on any atom is 0.243 e. The van der Waals surface area contributed by atoms with E-state index in [1.165, 1.54) is 7.05 Å². The van der Waals surface area contributed by atoms with Gasteiger partial charge in [0.1, 0.15) is 0 Å². The van der Waals surface area contributed by atoms with Crippen LogP contribution in [0.5, 0.6) is 0 Å². The van der Waals surface area contributed by atoms with E-state index in [1.54, 1.807) is 4.90 Å². The normalized spacial score (nSPS) is 19.3. The molecule has 1 amide bonds. The number of likely N-dealkylation sites (N-methyl/N-ethyl adjacent to an activating group) is 1. The van der Waals surface area contributed by atoms with Crippen molar-refractivity contribution in [3.8, 4) is 0 Å². The van der Waals surface area contributed by atoms with E-state index >= 15 is 0 Å². The molecule has 3 nitrogen and oxygen atoms in total. The maximum absolute atomic E-state index is 11.9. The Morgan fingerprint density at radius 2 is 2.25 bits per heavy atom. The van der Waals surface area contributed by atoms with Crippen molar-refractivity contribution in [1.82, 2.24) is 10.2 Å². The molecule has 0 aromatic heterocycles. The minimum Gasteiger partial charge on any atom is -0.358 e. The first kappa shape index (κ1) is 9.38. The number of hydrogen-bond acceptors (Lipinski definition) is 2. The molecule has 0 aromatic rings. The van der Waals surface area contributed by atoms with Crippen LogP contribution in [0.15, 0.2) is 0 Å². The van der Waals surface area contributed by atoms with E-state index in [2.05, 4.69) is 5.32 Å². The van der Waals surface area contributed by atoms with Gasteiger partial charge in [-0.1, -0.05) is 0 Å². The molecule has 0 aromatic carbocycles. The third-order valence-corrected chi connectivity index (χ3v) is 1.99. The SMILES string of the molecule is CNC(=O)CN1CC(C(F)F)C1. The Labute approximate surface area is 69.7 Å². The Bertz CT molecular complexity index is 169. The highest BCUT2D eigenvalue weighted by molar-refractivity contribution is 5.77. The van der Waals surface area contributed by atoms with Crippen LogP contribution in [-0.4, -0.2) is 43.9 Å². The maximum atomic E-state index is 11.9. The highest BCUT2D eigenvalue weighted by Crippen LogP contribution is 2.21. The molecule has 0 aliphatic carbocycles. The van der Waals surface area contributed by atoms with Crippen molar-refractivity contribution in [2.45, 2.75) is 6.43 Å². The summed E-state index contributed by atoms with van der Waals surface area (Å²) in [5, 5.41) is 2.44. The third kappa shape index (κ3) is 2.14. The van der Waals surface area contributed by atoms with Gasteiger partial charge in [0.2, 0.25) is 12.3 Å². The van der Waals surface area contributed by atoms with Gasteiger partial charge in [-0.15, -0.1) is 0 Å². The first-order valence-electron chi connectivity index (χ1n) is 3.84. The molecule has 0 spiro atoms. The van der Waals surface area contributed by atoms with E-state index in [-0.39, 0.29) is 12.5 Å². The summed E-state index contributed by atoms with van der Waals surface area (Å²) in [6, 6.07) is 0. The summed E-state index contributed by atoms with van der Waals surface area (Å²) in [6.07, 6.45) is -2.24. The third-order valence-electron chi connectivity index (χ3n) is 1.99. The van der Waals surface area contributed by atoms with Gasteiger partial charge in [-0.05, 0) is 0 Å². The van der Waals surface area contributed by atoms with E-state index in [0.29, 0.717) is 13.1 Å². The highest BCUT2D eigenvalue weighted by Gasteiger charge is 2.34. The molecular weight excluding hydrogens is 166 g/mol. The van der Waals surface area contributed by atoms with Crippen molar-refractivity contribution in [2.75, 3.05) is 26.7 Å². The number of alkyl halides is 2. The fraction of sp³-hybridized carbons (Fsp3) is 0.857. The fourth-order valence-electron chi connectivity index (χ4n) is 1.18. The molecule has 1 fully saturated rings. The van der Waals surface area contributed by atoms with Gasteiger partial charge in [0.15, 0.2) is 0 Å². The van der Waals surface area contributed by atoms with Crippen molar-refractivity contribution in [3.05, 3.63) is 0 Å². The molecule has 5 heteroatoms. The Morgan fingerprint density at radius 1 is 1.67 bits per heavy atom. The van der Waals surface area contributed by atoms with Gasteiger partial charge in [0, 0.05) is 26.1 Å². The molecule has 1 N–H and O–H groups in total. The monoisotopic (exact) mass is 178 g/mol. The van der Waals surface area contributed by atoms with E-state index in [0.717, 1.165) is 0 Å². The average molecular weight is 178 g/mol. The van der Waals surface area contributed by atoms with Crippen LogP contribution >= 0.6 is 0 Å². The van der Waals surface area contributed by atoms with Crippen LogP contribution in [-0.2, 0) is 4.79 Å². The van der Waals surface area contributed by atoms with Gasteiger partial charge in [0.25, 0.3) is 0 Å². The Balaban J connectivity index is 2.13. The van der Waals surface area contributed by atoms with E-state index in [4.69, 9.17) is 0 Å². The predicted octanol–water partition coefficient (Wildman–Crippen LogP) is -0.0707. The van der Waals surface area contributed by atoms with Crippen LogP contribution in [0.4, 0.5) is 8.78 Å². The van der Waals surface area contributed by atoms with Crippen molar-refractivity contribution >= 4 is 5.91 Å². The Morgan fingerprint density at radius 3 is 2.67 bits per heavy atom. The highest BCUT2D eigenvalue weighted by atomic mass is 19.3. The first-order chi connectivity index (χ1) is 5.63. The number of hydrogen-bond donors (Lipinski definition) is 1. The zero-order valence-corrected chi connectivity index (χ0v) is 6.89. The average Bonchev–Trinajstić information content (AvgIpc) is 1.94. The molecule has 0 saturated carbocycles. The summed E-state index contributed by atoms with van der Waals surface area (Å²) >= 11 is 0. The van der Waals surface area contributed by atoms with Crippen LogP contribution in [0.1, 0.15) is 0 Å². The molecule has 70 valence electrons. The number of nitrogens with one attached hydrogen (secondary N) is 1. The number of halogens is 2. The Kier molecular flexibility index (Phi) is 2.97. The van der Waals surface area contributed by atoms with Crippen molar-refractivity contribution < 1.29 is 13.6 Å². The zero-order valence-electron chi connectivity index (χ0n) is 6.89. The van der Waals surface area contributed by atoms with E-state index < -0.39 is 12.3 Å². The quantitative estimate of drug-likeness (QED) is 0.656. The first-order valence-corrected chi connectivity index (χ1v) is 3.84. The van der Waals surface area contributed by atoms with E-state index in [1.807, 2.05) is 0 Å². The van der Waals surface area contributed by atoms with Gasteiger partial charge < -0.3 is 5.32 Å². The van der Waals surface area contributed by atoms with Crippen LogP contribution in [0, 0.1) is 5.92 Å². The molecule has 1 heterocycles. The molecule has 0 radical (unpaired) electrons. The summed E-state index contributed by atoms with van der Waals surface area (Å²) in [7, 11) is 1.53. The number of nitrogens with zero attached hydrogens (tertiary/aromatic N) is 1. The van der Waals surface area contributed by atoms with Crippen molar-refractivity contribution in [3.63, 3.8) is 0 Å². The van der Waals surface area contributed by atoms with Gasteiger partial charge >= 0.3 is 0 Å². The lowest BCUT2D eigenvalue weighted by molar-refractivity contribution is -0.124. The lowest BCUT2D eigenvalue weighted by atomic mass is 10.0. The van der Waals surface area contributed by atoms with Crippen molar-refractivity contribution in [2.24, 2.45) is 5.92 Å². The summed E-state index contributed by atoms with van der Waals surface area (Å²) in [5.74, 6) is -0.655. The predicted molar refractivity (Wildman–Crippen MR) is 40.0 cm³/mol. The second kappa shape index (κ2) is 3.80. The molecule has 0 atom stereocenters. The standard InChI is InChI=1S/C7H12F2N2O/c1-10-6(12)4-11-2-5(3-11)7(8)9/h5,7H,2-4H2,1H3,(H,10,12). The molecular formula is C7H12F2N2O. The smallest absolute Gasteiger partial charge is 0.243 e. The summed E-state index contributed by atoms with van der Waals surface area (Å²) in [4.78, 5) is 12.5. The van der Waals surface area contributed by atoms with Crippen LogP contribution in [0.25, 0.3) is 0 Å².